The lowest BCUT2D eigenvalue weighted by atomic mass is 9.89. The first-order chi connectivity index (χ1) is 19.5. The smallest absolute Gasteiger partial charge is 0.245 e. The van der Waals surface area contributed by atoms with Crippen LogP contribution in [0.3, 0.4) is 0 Å². The molecule has 0 bridgehead atoms. The van der Waals surface area contributed by atoms with Gasteiger partial charge in [0, 0.05) is 27.8 Å². The first-order valence-electron chi connectivity index (χ1n) is 15.4. The first-order valence-corrected chi connectivity index (χ1v) is 15.4. The Hall–Kier alpha value is -2.24. The van der Waals surface area contributed by atoms with Gasteiger partial charge in [0.25, 0.3) is 0 Å². The quantitative estimate of drug-likeness (QED) is 0.262. The minimum Gasteiger partial charge on any atom is -0.379 e. The third kappa shape index (κ3) is 9.38. The Morgan fingerprint density at radius 1 is 0.976 bits per heavy atom. The largest absolute Gasteiger partial charge is 0.379 e. The number of carbonyl (C=O) groups is 4. The van der Waals surface area contributed by atoms with Gasteiger partial charge in [0.15, 0.2) is 0 Å². The van der Waals surface area contributed by atoms with Crippen LogP contribution >= 0.6 is 0 Å². The van der Waals surface area contributed by atoms with Crippen molar-refractivity contribution >= 4 is 23.6 Å². The number of hydrogen-bond acceptors (Lipinski definition) is 7. The van der Waals surface area contributed by atoms with Crippen molar-refractivity contribution in [1.29, 1.82) is 0 Å². The van der Waals surface area contributed by atoms with E-state index in [4.69, 9.17) is 15.2 Å². The molecule has 1 aliphatic heterocycles. The van der Waals surface area contributed by atoms with Crippen LogP contribution in [0.25, 0.3) is 0 Å². The fraction of sp³-hybridized carbons (Fsp3) is 0.871. The molecule has 1 aliphatic rings. The van der Waals surface area contributed by atoms with Crippen LogP contribution in [-0.2, 0) is 28.7 Å². The lowest BCUT2D eigenvalue weighted by Crippen LogP contribution is -2.59. The molecule has 0 radical (unpaired) electrons. The van der Waals surface area contributed by atoms with Crippen LogP contribution in [0, 0.1) is 23.7 Å². The molecule has 11 heteroatoms. The number of amides is 4. The number of nitrogens with zero attached hydrogens (tertiary/aromatic N) is 3. The zero-order valence-corrected chi connectivity index (χ0v) is 28.2. The van der Waals surface area contributed by atoms with Crippen LogP contribution in [0.4, 0.5) is 0 Å². The Morgan fingerprint density at radius 3 is 2.00 bits per heavy atom. The van der Waals surface area contributed by atoms with Gasteiger partial charge in [-0.3, -0.25) is 24.1 Å². The summed E-state index contributed by atoms with van der Waals surface area (Å²) in [5.41, 5.74) is 5.57. The Kier molecular flexibility index (Phi) is 15.4. The highest BCUT2D eigenvalue weighted by molar-refractivity contribution is 5.90. The van der Waals surface area contributed by atoms with Gasteiger partial charge in [-0.2, -0.15) is 0 Å². The van der Waals surface area contributed by atoms with Crippen LogP contribution < -0.4 is 11.1 Å². The normalized spacial score (nSPS) is 20.6. The van der Waals surface area contributed by atoms with E-state index in [-0.39, 0.29) is 54.0 Å². The van der Waals surface area contributed by atoms with Crippen molar-refractivity contribution in [3.8, 4) is 0 Å². The highest BCUT2D eigenvalue weighted by Gasteiger charge is 2.42. The molecule has 4 amide bonds. The molecule has 0 spiro atoms. The van der Waals surface area contributed by atoms with Gasteiger partial charge in [-0.1, -0.05) is 54.9 Å². The number of rotatable bonds is 17. The van der Waals surface area contributed by atoms with Crippen molar-refractivity contribution in [1.82, 2.24) is 20.0 Å². The third-order valence-electron chi connectivity index (χ3n) is 8.98. The molecule has 0 aliphatic carbocycles. The molecule has 1 rings (SSSR count). The maximum atomic E-state index is 14.0. The number of ether oxygens (including phenoxy) is 2. The van der Waals surface area contributed by atoms with Gasteiger partial charge < -0.3 is 30.3 Å². The molecule has 1 saturated heterocycles. The highest BCUT2D eigenvalue weighted by Crippen LogP contribution is 2.29. The zero-order valence-electron chi connectivity index (χ0n) is 28.2. The topological polar surface area (TPSA) is 135 Å². The molecule has 1 unspecified atom stereocenters. The summed E-state index contributed by atoms with van der Waals surface area (Å²) in [6.45, 7) is 14.2. The predicted octanol–water partition coefficient (Wildman–Crippen LogP) is 2.12. The molecule has 0 aromatic carbocycles. The second kappa shape index (κ2) is 17.2. The standard InChI is InChI=1S/C31H59N5O6/c1-13-20(6)27(35(10)31(40)25(18(2)3)33-30(39)26(19(4)5)34(8)9)23(41-11)17-24(37)36-16-14-15-22(36)28(42-12)21(7)29(32)38/h18-23,25-28H,13-17H2,1-12H3,(H2,32,38)(H,33,39)/t20-,21+,22-,23+,25?,26-,27-,28+/m0/s1. The van der Waals surface area contributed by atoms with Crippen LogP contribution in [0.2, 0.25) is 0 Å². The summed E-state index contributed by atoms with van der Waals surface area (Å²) in [6, 6.07) is -1.78. The average Bonchev–Trinajstić information content (AvgIpc) is 3.39. The van der Waals surface area contributed by atoms with Gasteiger partial charge in [-0.05, 0) is 44.7 Å². The summed E-state index contributed by atoms with van der Waals surface area (Å²) in [4.78, 5) is 58.3. The maximum Gasteiger partial charge on any atom is 0.245 e. The van der Waals surface area contributed by atoms with Crippen molar-refractivity contribution < 1.29 is 28.7 Å². The fourth-order valence-corrected chi connectivity index (χ4v) is 6.42. The summed E-state index contributed by atoms with van der Waals surface area (Å²) in [6.07, 6.45) is 1.26. The summed E-state index contributed by atoms with van der Waals surface area (Å²) < 4.78 is 11.6. The lowest BCUT2D eigenvalue weighted by Gasteiger charge is -2.41. The molecule has 244 valence electrons. The van der Waals surface area contributed by atoms with E-state index >= 15 is 0 Å². The molecular formula is C31H59N5O6. The lowest BCUT2D eigenvalue weighted by molar-refractivity contribution is -0.147. The van der Waals surface area contributed by atoms with Gasteiger partial charge in [0.05, 0.1) is 42.7 Å². The molecule has 3 N–H and O–H groups in total. The zero-order chi connectivity index (χ0) is 32.5. The molecule has 11 nitrogen and oxygen atoms in total. The monoisotopic (exact) mass is 597 g/mol. The van der Waals surface area contributed by atoms with Crippen LogP contribution in [0.1, 0.15) is 74.1 Å². The van der Waals surface area contributed by atoms with Crippen molar-refractivity contribution in [3.05, 3.63) is 0 Å². The Morgan fingerprint density at radius 2 is 1.57 bits per heavy atom. The minimum absolute atomic E-state index is 0.0152. The van der Waals surface area contributed by atoms with E-state index in [1.807, 2.05) is 60.5 Å². The van der Waals surface area contributed by atoms with Gasteiger partial charge in [0.1, 0.15) is 6.04 Å². The molecule has 1 fully saturated rings. The predicted molar refractivity (Wildman–Crippen MR) is 164 cm³/mol. The highest BCUT2D eigenvalue weighted by atomic mass is 16.5. The number of primary amides is 1. The van der Waals surface area contributed by atoms with E-state index in [9.17, 15) is 19.2 Å². The SMILES string of the molecule is CC[C@H](C)[C@@H]([C@@H](CC(=O)N1CCC[C@H]1[C@H](OC)[C@@H](C)C(N)=O)OC)N(C)C(=O)C(NC(=O)[C@H](C(C)C)N(C)C)C(C)C. The summed E-state index contributed by atoms with van der Waals surface area (Å²) in [5, 5.41) is 3.02. The number of likely N-dealkylation sites (tertiary alicyclic amines) is 1. The van der Waals surface area contributed by atoms with E-state index in [0.717, 1.165) is 12.8 Å². The summed E-state index contributed by atoms with van der Waals surface area (Å²) in [7, 11) is 8.55. The van der Waals surface area contributed by atoms with Crippen LogP contribution in [0.15, 0.2) is 0 Å². The fourth-order valence-electron chi connectivity index (χ4n) is 6.42. The molecular weight excluding hydrogens is 538 g/mol. The van der Waals surface area contributed by atoms with Crippen LogP contribution in [0.5, 0.6) is 0 Å². The molecule has 8 atom stereocenters. The second-order valence-corrected chi connectivity index (χ2v) is 12.9. The third-order valence-corrected chi connectivity index (χ3v) is 8.98. The summed E-state index contributed by atoms with van der Waals surface area (Å²) >= 11 is 0. The van der Waals surface area contributed by atoms with Crippen molar-refractivity contribution in [2.75, 3.05) is 41.9 Å². The molecule has 1 heterocycles. The average molecular weight is 598 g/mol. The number of likely N-dealkylation sites (N-methyl/N-ethyl adjacent to an activating group) is 2. The second-order valence-electron chi connectivity index (χ2n) is 12.9. The number of carbonyl (C=O) groups excluding carboxylic acids is 4. The van der Waals surface area contributed by atoms with E-state index in [1.165, 1.54) is 7.11 Å². The Balaban J connectivity index is 3.26. The van der Waals surface area contributed by atoms with E-state index < -0.39 is 36.1 Å². The van der Waals surface area contributed by atoms with Gasteiger partial charge >= 0.3 is 0 Å². The van der Waals surface area contributed by atoms with E-state index in [2.05, 4.69) is 5.32 Å². The number of hydrogen-bond donors (Lipinski definition) is 2. The maximum absolute atomic E-state index is 14.0. The molecule has 0 aromatic heterocycles. The first kappa shape index (κ1) is 37.8. The summed E-state index contributed by atoms with van der Waals surface area (Å²) in [5.74, 6) is -1.60. The number of methoxy groups -OCH3 is 2. The van der Waals surface area contributed by atoms with Crippen molar-refractivity contribution in [2.24, 2.45) is 29.4 Å². The molecule has 0 saturated carbocycles. The van der Waals surface area contributed by atoms with Crippen molar-refractivity contribution in [2.45, 2.75) is 111 Å². The number of nitrogens with one attached hydrogen (secondary N) is 1. The van der Waals surface area contributed by atoms with Gasteiger partial charge in [-0.25, -0.2) is 0 Å². The molecule has 0 aromatic rings. The van der Waals surface area contributed by atoms with Crippen molar-refractivity contribution in [3.63, 3.8) is 0 Å². The van der Waals surface area contributed by atoms with E-state index in [0.29, 0.717) is 13.0 Å². The minimum atomic E-state index is -0.732. The van der Waals surface area contributed by atoms with Gasteiger partial charge in [-0.15, -0.1) is 0 Å². The molecule has 42 heavy (non-hydrogen) atoms. The van der Waals surface area contributed by atoms with E-state index in [1.54, 1.807) is 30.9 Å². The number of nitrogens with two attached hydrogens (primary N) is 1. The van der Waals surface area contributed by atoms with Gasteiger partial charge in [0.2, 0.25) is 23.6 Å². The van der Waals surface area contributed by atoms with Crippen LogP contribution in [-0.4, -0.2) is 117 Å². The Bertz CT molecular complexity index is 889. The Labute approximate surface area is 254 Å².